The number of halogens is 2. The van der Waals surface area contributed by atoms with E-state index in [0.29, 0.717) is 10.8 Å². The largest absolute Gasteiger partial charge is 0.227 e. The molecule has 0 unspecified atom stereocenters. The maximum absolute atomic E-state index is 6.27. The minimum Gasteiger partial charge on any atom is -0.227 e. The van der Waals surface area contributed by atoms with E-state index < -0.39 is 0 Å². The maximum Gasteiger partial charge on any atom is 0.160 e. The van der Waals surface area contributed by atoms with Crippen LogP contribution in [0.4, 0.5) is 0 Å². The van der Waals surface area contributed by atoms with Crippen LogP contribution >= 0.6 is 27.5 Å². The van der Waals surface area contributed by atoms with Crippen molar-refractivity contribution >= 4 is 50.6 Å². The Hall–Kier alpha value is -2.75. The Bertz CT molecular complexity index is 1200. The first-order valence-electron chi connectivity index (χ1n) is 8.72. The first kappa shape index (κ1) is 18.6. The molecule has 0 fully saturated rings. The SMILES string of the molecule is C=Cc1ccc2c(-c3ccccc3)nc(-c3cc(Cl)cc(Br)c3)nc2c1C=C. The lowest BCUT2D eigenvalue weighted by Gasteiger charge is -2.13. The molecule has 0 radical (unpaired) electrons. The molecule has 0 spiro atoms. The van der Waals surface area contributed by atoms with Crippen molar-refractivity contribution in [3.8, 4) is 22.6 Å². The van der Waals surface area contributed by atoms with Crippen molar-refractivity contribution in [3.05, 3.63) is 94.4 Å². The van der Waals surface area contributed by atoms with Crippen molar-refractivity contribution in [2.24, 2.45) is 0 Å². The molecule has 4 aromatic rings. The minimum atomic E-state index is 0.610. The van der Waals surface area contributed by atoms with Gasteiger partial charge in [-0.05, 0) is 29.8 Å². The van der Waals surface area contributed by atoms with Gasteiger partial charge in [-0.15, -0.1) is 0 Å². The second kappa shape index (κ2) is 7.70. The summed E-state index contributed by atoms with van der Waals surface area (Å²) in [7, 11) is 0. The Morgan fingerprint density at radius 3 is 2.32 bits per heavy atom. The number of hydrogen-bond acceptors (Lipinski definition) is 2. The molecular formula is C24H16BrClN2. The number of rotatable bonds is 4. The summed E-state index contributed by atoms with van der Waals surface area (Å²) in [6.07, 6.45) is 3.63. The van der Waals surface area contributed by atoms with Crippen LogP contribution in [-0.4, -0.2) is 9.97 Å². The van der Waals surface area contributed by atoms with Crippen LogP contribution < -0.4 is 0 Å². The van der Waals surface area contributed by atoms with Crippen molar-refractivity contribution in [1.82, 2.24) is 9.97 Å². The van der Waals surface area contributed by atoms with E-state index in [4.69, 9.17) is 21.6 Å². The van der Waals surface area contributed by atoms with Crippen molar-refractivity contribution in [2.45, 2.75) is 0 Å². The van der Waals surface area contributed by atoms with Crippen molar-refractivity contribution in [3.63, 3.8) is 0 Å². The van der Waals surface area contributed by atoms with Crippen LogP contribution in [0.3, 0.4) is 0 Å². The zero-order valence-corrected chi connectivity index (χ0v) is 17.3. The van der Waals surface area contributed by atoms with E-state index in [2.05, 4.69) is 41.2 Å². The van der Waals surface area contributed by atoms with Gasteiger partial charge in [0.1, 0.15) is 0 Å². The Morgan fingerprint density at radius 2 is 1.64 bits per heavy atom. The smallest absolute Gasteiger partial charge is 0.160 e. The molecule has 4 rings (SSSR count). The number of hydrogen-bond donors (Lipinski definition) is 0. The van der Waals surface area contributed by atoms with E-state index in [1.165, 1.54) is 0 Å². The molecule has 0 N–H and O–H groups in total. The van der Waals surface area contributed by atoms with Gasteiger partial charge in [-0.2, -0.15) is 0 Å². The topological polar surface area (TPSA) is 25.8 Å². The molecule has 28 heavy (non-hydrogen) atoms. The molecule has 1 heterocycles. The van der Waals surface area contributed by atoms with Crippen LogP contribution in [-0.2, 0) is 0 Å². The molecule has 0 aliphatic heterocycles. The summed E-state index contributed by atoms with van der Waals surface area (Å²) in [5.41, 5.74) is 5.51. The molecule has 0 aliphatic rings. The van der Waals surface area contributed by atoms with Gasteiger partial charge in [0.05, 0.1) is 11.2 Å². The zero-order valence-electron chi connectivity index (χ0n) is 15.0. The van der Waals surface area contributed by atoms with Gasteiger partial charge in [-0.25, -0.2) is 9.97 Å². The first-order chi connectivity index (χ1) is 13.6. The zero-order chi connectivity index (χ0) is 19.7. The molecule has 4 heteroatoms. The van der Waals surface area contributed by atoms with Crippen LogP contribution in [0.1, 0.15) is 11.1 Å². The van der Waals surface area contributed by atoms with Crippen LogP contribution in [0.25, 0.3) is 45.7 Å². The van der Waals surface area contributed by atoms with Gasteiger partial charge in [-0.3, -0.25) is 0 Å². The molecule has 3 aromatic carbocycles. The molecule has 1 aromatic heterocycles. The number of fused-ring (bicyclic) bond motifs is 1. The van der Waals surface area contributed by atoms with Gasteiger partial charge in [0.15, 0.2) is 5.82 Å². The fourth-order valence-electron chi connectivity index (χ4n) is 3.25. The summed E-state index contributed by atoms with van der Waals surface area (Å²) in [4.78, 5) is 9.79. The van der Waals surface area contributed by atoms with E-state index in [-0.39, 0.29) is 0 Å². The first-order valence-corrected chi connectivity index (χ1v) is 9.89. The third-order valence-electron chi connectivity index (χ3n) is 4.53. The Kier molecular flexibility index (Phi) is 5.12. The highest BCUT2D eigenvalue weighted by molar-refractivity contribution is 9.10. The Morgan fingerprint density at radius 1 is 0.857 bits per heavy atom. The van der Waals surface area contributed by atoms with E-state index in [1.54, 1.807) is 0 Å². The van der Waals surface area contributed by atoms with E-state index in [9.17, 15) is 0 Å². The Labute approximate surface area is 177 Å². The van der Waals surface area contributed by atoms with E-state index in [1.807, 2.05) is 60.7 Å². The summed E-state index contributed by atoms with van der Waals surface area (Å²) in [5, 5.41) is 1.59. The van der Waals surface area contributed by atoms with Crippen LogP contribution in [0.5, 0.6) is 0 Å². The van der Waals surface area contributed by atoms with Gasteiger partial charge in [0.2, 0.25) is 0 Å². The fraction of sp³-hybridized carbons (Fsp3) is 0. The predicted octanol–water partition coefficient (Wildman–Crippen LogP) is 7.67. The quantitative estimate of drug-likeness (QED) is 0.321. The standard InChI is InChI=1S/C24H16BrClN2/c1-3-15-10-11-21-22(16-8-6-5-7-9-16)27-24(28-23(21)20(15)4-2)17-12-18(25)14-19(26)13-17/h3-14H,1-2H2. The minimum absolute atomic E-state index is 0.610. The summed E-state index contributed by atoms with van der Waals surface area (Å²) >= 11 is 9.77. The second-order valence-corrected chi connectivity index (χ2v) is 7.64. The molecule has 0 saturated carbocycles. The van der Waals surface area contributed by atoms with Gasteiger partial charge in [0.25, 0.3) is 0 Å². The number of benzene rings is 3. The number of nitrogens with zero attached hydrogens (tertiary/aromatic N) is 2. The van der Waals surface area contributed by atoms with Crippen LogP contribution in [0.2, 0.25) is 5.02 Å². The molecule has 0 aliphatic carbocycles. The third-order valence-corrected chi connectivity index (χ3v) is 5.21. The highest BCUT2D eigenvalue weighted by Crippen LogP contribution is 2.34. The molecule has 136 valence electrons. The van der Waals surface area contributed by atoms with Gasteiger partial charge in [-0.1, -0.05) is 89.2 Å². The van der Waals surface area contributed by atoms with Crippen molar-refractivity contribution in [1.29, 1.82) is 0 Å². The van der Waals surface area contributed by atoms with Crippen molar-refractivity contribution < 1.29 is 0 Å². The highest BCUT2D eigenvalue weighted by atomic mass is 79.9. The van der Waals surface area contributed by atoms with Crippen LogP contribution in [0, 0.1) is 0 Å². The molecule has 0 saturated heterocycles. The maximum atomic E-state index is 6.27. The third kappa shape index (κ3) is 3.39. The average molecular weight is 448 g/mol. The van der Waals surface area contributed by atoms with Gasteiger partial charge in [0, 0.05) is 31.6 Å². The molecule has 2 nitrogen and oxygen atoms in total. The Balaban J connectivity index is 2.12. The highest BCUT2D eigenvalue weighted by Gasteiger charge is 2.15. The average Bonchev–Trinajstić information content (AvgIpc) is 2.71. The number of aromatic nitrogens is 2. The van der Waals surface area contributed by atoms with Crippen molar-refractivity contribution in [2.75, 3.05) is 0 Å². The summed E-state index contributed by atoms with van der Waals surface area (Å²) in [6, 6.07) is 19.8. The van der Waals surface area contributed by atoms with E-state index in [0.717, 1.165) is 43.3 Å². The van der Waals surface area contributed by atoms with Crippen LogP contribution in [0.15, 0.2) is 78.3 Å². The lowest BCUT2D eigenvalue weighted by Crippen LogP contribution is -1.98. The summed E-state index contributed by atoms with van der Waals surface area (Å²) in [5.74, 6) is 0.610. The van der Waals surface area contributed by atoms with E-state index >= 15 is 0 Å². The lowest BCUT2D eigenvalue weighted by atomic mass is 9.99. The molecule has 0 atom stereocenters. The molecular weight excluding hydrogens is 432 g/mol. The fourth-order valence-corrected chi connectivity index (χ4v) is 4.11. The lowest BCUT2D eigenvalue weighted by molar-refractivity contribution is 1.22. The summed E-state index contributed by atoms with van der Waals surface area (Å²) < 4.78 is 0.878. The van der Waals surface area contributed by atoms with Gasteiger partial charge < -0.3 is 0 Å². The normalized spacial score (nSPS) is 10.8. The monoisotopic (exact) mass is 446 g/mol. The molecule has 0 amide bonds. The predicted molar refractivity (Wildman–Crippen MR) is 123 cm³/mol. The second-order valence-electron chi connectivity index (χ2n) is 6.29. The molecule has 0 bridgehead atoms. The van der Waals surface area contributed by atoms with Gasteiger partial charge >= 0.3 is 0 Å². The summed E-state index contributed by atoms with van der Waals surface area (Å²) in [6.45, 7) is 7.90.